The Morgan fingerprint density at radius 2 is 0.885 bits per heavy atom. The summed E-state index contributed by atoms with van der Waals surface area (Å²) < 4.78 is 0. The van der Waals surface area contributed by atoms with E-state index in [0.717, 1.165) is 105 Å². The van der Waals surface area contributed by atoms with Crippen LogP contribution in [0.15, 0.2) is 439 Å². The standard InChI is InChI=1S/C108H89BN4/c1-10-34-76(35-11-1)81-44-28-48-85(68-81)96-60-32-61-97(86-49-29-45-82(69-86)77-36-12-2-13-37-77)107(96)112-102-74-94(110(90-52-20-6-21-53-90)91-54-22-7-23-55-91)64-66-100(102)109-101-67-65-95(111(92-56-24-8-25-57-92)93-58-26-9-27-59-93)75-103(101)113(105-73-89(72-104(112)106(105)109)80-42-18-5-19-43-80)108-98(87-50-30-46-83(70-87)78-38-14-3-15-39-78)62-33-63-99(108)88-51-31-47-84(71-88)79-40-16-4-17-41-79/h1-3,5-12,14-16,18-29,33-36,38-45,47-50,52-59,61-68,70-75,86,98,108H,4,13,17,30-32,37,46,51,60,69H2. The van der Waals surface area contributed by atoms with Gasteiger partial charge in [-0.2, -0.15) is 0 Å². The number of hydrogen-bond acceptors (Lipinski definition) is 4. The maximum absolute atomic E-state index is 2.91. The third-order valence-corrected chi connectivity index (χ3v) is 24.5. The topological polar surface area (TPSA) is 13.0 Å². The number of anilines is 10. The minimum absolute atomic E-state index is 0.0718. The first-order valence-electron chi connectivity index (χ1n) is 40.9. The van der Waals surface area contributed by atoms with Gasteiger partial charge in [-0.3, -0.25) is 0 Å². The van der Waals surface area contributed by atoms with Gasteiger partial charge in [0, 0.05) is 68.7 Å². The highest BCUT2D eigenvalue weighted by molar-refractivity contribution is 7.00. The minimum Gasteiger partial charge on any atom is -0.334 e. The fraction of sp³-hybridized carbons (Fsp3) is 0.130. The predicted molar refractivity (Wildman–Crippen MR) is 479 cm³/mol. The molecule has 2 aliphatic heterocycles. The third kappa shape index (κ3) is 13.3. The second-order valence-electron chi connectivity index (χ2n) is 31.2. The molecule has 20 rings (SSSR count). The van der Waals surface area contributed by atoms with Crippen molar-refractivity contribution in [1.29, 1.82) is 0 Å². The van der Waals surface area contributed by atoms with E-state index in [-0.39, 0.29) is 24.6 Å². The molecule has 113 heavy (non-hydrogen) atoms. The minimum atomic E-state index is -0.233. The molecule has 3 atom stereocenters. The normalized spacial score (nSPS) is 18.7. The molecule has 0 bridgehead atoms. The lowest BCUT2D eigenvalue weighted by molar-refractivity contribution is 0.610. The molecule has 0 amide bonds. The Balaban J connectivity index is 0.908. The number of fused-ring (bicyclic) bond motifs is 4. The average molecular weight is 1450 g/mol. The first-order chi connectivity index (χ1) is 56.1. The van der Waals surface area contributed by atoms with Crippen LogP contribution in [-0.2, 0) is 0 Å². The molecular weight excluding hydrogens is 1360 g/mol. The molecule has 5 heteroatoms. The van der Waals surface area contributed by atoms with E-state index in [0.29, 0.717) is 0 Å². The third-order valence-electron chi connectivity index (χ3n) is 24.5. The first-order valence-corrected chi connectivity index (χ1v) is 40.9. The van der Waals surface area contributed by atoms with Crippen LogP contribution in [0, 0.1) is 11.8 Å². The highest BCUT2D eigenvalue weighted by atomic mass is 15.2. The molecule has 2 heterocycles. The van der Waals surface area contributed by atoms with Gasteiger partial charge in [0.25, 0.3) is 6.71 Å². The van der Waals surface area contributed by atoms with Crippen LogP contribution >= 0.6 is 0 Å². The Labute approximate surface area is 666 Å². The van der Waals surface area contributed by atoms with Crippen molar-refractivity contribution in [3.63, 3.8) is 0 Å². The lowest BCUT2D eigenvalue weighted by Gasteiger charge is -2.50. The predicted octanol–water partition coefficient (Wildman–Crippen LogP) is 26.5. The fourth-order valence-corrected chi connectivity index (χ4v) is 19.3. The van der Waals surface area contributed by atoms with E-state index in [1.54, 1.807) is 0 Å². The zero-order valence-corrected chi connectivity index (χ0v) is 63.8. The summed E-state index contributed by atoms with van der Waals surface area (Å²) in [4.78, 5) is 10.7. The van der Waals surface area contributed by atoms with Crippen LogP contribution in [0.4, 0.5) is 56.9 Å². The van der Waals surface area contributed by atoms with E-state index in [2.05, 4.69) is 408 Å². The monoisotopic (exact) mass is 1450 g/mol. The Bertz CT molecular complexity index is 5880. The molecule has 0 fully saturated rings. The van der Waals surface area contributed by atoms with Crippen LogP contribution in [0.3, 0.4) is 0 Å². The highest BCUT2D eigenvalue weighted by Crippen LogP contribution is 2.54. The van der Waals surface area contributed by atoms with Gasteiger partial charge in [-0.05, 0) is 267 Å². The van der Waals surface area contributed by atoms with E-state index in [1.165, 1.54) is 134 Å². The van der Waals surface area contributed by atoms with E-state index < -0.39 is 0 Å². The lowest BCUT2D eigenvalue weighted by Crippen LogP contribution is -2.64. The number of allylic oxidation sites excluding steroid dienone is 23. The van der Waals surface area contributed by atoms with E-state index in [9.17, 15) is 0 Å². The summed E-state index contributed by atoms with van der Waals surface area (Å²) >= 11 is 0. The summed E-state index contributed by atoms with van der Waals surface area (Å²) in [6.45, 7) is -0.233. The molecule has 0 saturated carbocycles. The number of para-hydroxylation sites is 4. The number of benzene rings is 11. The van der Waals surface area contributed by atoms with Crippen molar-refractivity contribution in [2.75, 3.05) is 19.6 Å². The Morgan fingerprint density at radius 3 is 1.53 bits per heavy atom. The van der Waals surface area contributed by atoms with Gasteiger partial charge < -0.3 is 19.6 Å². The largest absolute Gasteiger partial charge is 0.334 e. The summed E-state index contributed by atoms with van der Waals surface area (Å²) in [7, 11) is 0. The van der Waals surface area contributed by atoms with Crippen molar-refractivity contribution in [3.8, 4) is 22.3 Å². The van der Waals surface area contributed by atoms with Gasteiger partial charge in [0.2, 0.25) is 0 Å². The molecule has 0 aromatic heterocycles. The van der Waals surface area contributed by atoms with Gasteiger partial charge >= 0.3 is 0 Å². The van der Waals surface area contributed by atoms with Gasteiger partial charge in [0.05, 0.1) is 11.7 Å². The molecule has 11 aromatic rings. The van der Waals surface area contributed by atoms with Crippen LogP contribution < -0.4 is 36.0 Å². The van der Waals surface area contributed by atoms with Crippen LogP contribution in [-0.4, -0.2) is 12.8 Å². The summed E-state index contributed by atoms with van der Waals surface area (Å²) in [5, 5.41) is 0. The zero-order valence-electron chi connectivity index (χ0n) is 63.8. The second-order valence-corrected chi connectivity index (χ2v) is 31.2. The smallest absolute Gasteiger partial charge is 0.252 e. The average Bonchev–Trinajstić information content (AvgIpc) is 0.686. The molecule has 544 valence electrons. The van der Waals surface area contributed by atoms with Gasteiger partial charge in [-0.25, -0.2) is 0 Å². The number of rotatable bonds is 17. The first kappa shape index (κ1) is 69.3. The quantitative estimate of drug-likeness (QED) is 0.0843. The second kappa shape index (κ2) is 30.7. The molecule has 0 radical (unpaired) electrons. The zero-order chi connectivity index (χ0) is 75.0. The van der Waals surface area contributed by atoms with Gasteiger partial charge in [0.15, 0.2) is 0 Å². The van der Waals surface area contributed by atoms with Crippen molar-refractivity contribution in [3.05, 3.63) is 450 Å². The van der Waals surface area contributed by atoms with Crippen molar-refractivity contribution in [2.24, 2.45) is 11.8 Å². The number of nitrogens with zero attached hydrogens (tertiary/aromatic N) is 4. The molecule has 7 aliphatic carbocycles. The van der Waals surface area contributed by atoms with Crippen molar-refractivity contribution >= 4 is 91.1 Å². The lowest BCUT2D eigenvalue weighted by atomic mass is 9.33. The van der Waals surface area contributed by atoms with E-state index in [4.69, 9.17) is 0 Å². The van der Waals surface area contributed by atoms with Crippen LogP contribution in [0.5, 0.6) is 0 Å². The SMILES string of the molecule is C1=CCCC(C2=CC=CC(C3=CCCC(c4cccc(-c5ccccc5)c4)=C3N3c4cc(N(c5ccccc5)c5ccccc5)ccc4B4c5ccc(N(c6ccccc6)c6ccccc6)cc5N(C5C(C6=CC(C7=CCCC=C7)=CCC6)=CC=CC5C5=CCCC(c6ccccc6)=C5)c5cc(-c6ccccc6)cc3c54)C2)=C1. The highest BCUT2D eigenvalue weighted by Gasteiger charge is 2.49. The molecule has 11 aromatic carbocycles. The Hall–Kier alpha value is -13.0. The van der Waals surface area contributed by atoms with Crippen LogP contribution in [0.25, 0.3) is 33.4 Å². The molecule has 0 saturated heterocycles. The summed E-state index contributed by atoms with van der Waals surface area (Å²) in [5.41, 5.74) is 37.5. The van der Waals surface area contributed by atoms with Crippen molar-refractivity contribution in [2.45, 2.75) is 76.7 Å². The van der Waals surface area contributed by atoms with E-state index >= 15 is 0 Å². The molecule has 0 N–H and O–H groups in total. The van der Waals surface area contributed by atoms with Crippen LogP contribution in [0.1, 0.15) is 81.8 Å². The number of hydrogen-bond donors (Lipinski definition) is 0. The van der Waals surface area contributed by atoms with Gasteiger partial charge in [0.1, 0.15) is 0 Å². The maximum atomic E-state index is 2.91. The molecule has 9 aliphatic rings. The summed E-state index contributed by atoms with van der Waals surface area (Å²) in [5.74, 6) is -0.00491. The molecule has 4 nitrogen and oxygen atoms in total. The summed E-state index contributed by atoms with van der Waals surface area (Å²) in [6.07, 6.45) is 52.6. The molecule has 0 spiro atoms. The molecular formula is C108H89BN4. The van der Waals surface area contributed by atoms with Gasteiger partial charge in [-0.1, -0.05) is 297 Å². The molecule has 3 unspecified atom stereocenters. The van der Waals surface area contributed by atoms with Crippen LogP contribution in [0.2, 0.25) is 0 Å². The summed E-state index contributed by atoms with van der Waals surface area (Å²) in [6, 6.07) is 107. The van der Waals surface area contributed by atoms with Gasteiger partial charge in [-0.15, -0.1) is 0 Å². The Kier molecular flexibility index (Phi) is 18.8. The van der Waals surface area contributed by atoms with E-state index in [1.807, 2.05) is 0 Å². The fourth-order valence-electron chi connectivity index (χ4n) is 19.3. The Morgan fingerprint density at radius 1 is 0.336 bits per heavy atom. The van der Waals surface area contributed by atoms with Crippen molar-refractivity contribution in [1.82, 2.24) is 0 Å². The van der Waals surface area contributed by atoms with Crippen molar-refractivity contribution < 1.29 is 0 Å². The maximum Gasteiger partial charge on any atom is 0.252 e.